The van der Waals surface area contributed by atoms with Gasteiger partial charge in [-0.2, -0.15) is 4.31 Å². The normalized spacial score (nSPS) is 12.3. The van der Waals surface area contributed by atoms with Gasteiger partial charge < -0.3 is 5.73 Å². The van der Waals surface area contributed by atoms with Crippen molar-refractivity contribution in [2.24, 2.45) is 11.7 Å². The molecule has 0 amide bonds. The lowest BCUT2D eigenvalue weighted by Gasteiger charge is -2.23. The first-order chi connectivity index (χ1) is 9.14. The van der Waals surface area contributed by atoms with Crippen LogP contribution in [0.5, 0.6) is 0 Å². The van der Waals surface area contributed by atoms with Gasteiger partial charge in [0.1, 0.15) is 0 Å². The lowest BCUT2D eigenvalue weighted by molar-refractivity contribution is 0.374. The Kier molecular flexibility index (Phi) is 6.59. The highest BCUT2D eigenvalue weighted by molar-refractivity contribution is 9.11. The molecule has 114 valence electrons. The Balaban J connectivity index is 3.09. The van der Waals surface area contributed by atoms with Gasteiger partial charge in [0.15, 0.2) is 0 Å². The summed E-state index contributed by atoms with van der Waals surface area (Å²) < 4.78 is 27.8. The van der Waals surface area contributed by atoms with Crippen LogP contribution in [0.2, 0.25) is 0 Å². The lowest BCUT2D eigenvalue weighted by Crippen LogP contribution is -2.36. The molecule has 1 aromatic rings. The summed E-state index contributed by atoms with van der Waals surface area (Å²) in [5, 5.41) is 0. The predicted molar refractivity (Wildman–Crippen MR) is 91.8 cm³/mol. The van der Waals surface area contributed by atoms with Gasteiger partial charge in [0.05, 0.1) is 13.7 Å². The highest BCUT2D eigenvalue weighted by Crippen LogP contribution is 2.31. The van der Waals surface area contributed by atoms with E-state index < -0.39 is 10.0 Å². The topological polar surface area (TPSA) is 63.4 Å². The third-order valence-electron chi connectivity index (χ3n) is 2.64. The molecule has 0 aliphatic heterocycles. The number of aryl methyl sites for hydroxylation is 1. The van der Waals surface area contributed by atoms with E-state index >= 15 is 0 Å². The molecule has 0 saturated carbocycles. The van der Waals surface area contributed by atoms with Crippen molar-refractivity contribution in [1.29, 1.82) is 0 Å². The van der Waals surface area contributed by atoms with Crippen molar-refractivity contribution in [2.75, 3.05) is 13.1 Å². The van der Waals surface area contributed by atoms with Crippen LogP contribution >= 0.6 is 39.5 Å². The number of rotatable bonds is 7. The minimum absolute atomic E-state index is 0.235. The Labute approximate surface area is 138 Å². The Morgan fingerprint density at radius 1 is 1.55 bits per heavy atom. The summed E-state index contributed by atoms with van der Waals surface area (Å²) in [5.74, 6) is 0.235. The molecule has 8 heteroatoms. The van der Waals surface area contributed by atoms with Gasteiger partial charge in [-0.1, -0.05) is 26.1 Å². The Morgan fingerprint density at radius 3 is 2.55 bits per heavy atom. The van der Waals surface area contributed by atoms with E-state index in [0.29, 0.717) is 29.4 Å². The van der Waals surface area contributed by atoms with E-state index in [1.54, 1.807) is 6.07 Å². The summed E-state index contributed by atoms with van der Waals surface area (Å²) in [4.78, 5) is 1.47. The number of hydrogen-bond acceptors (Lipinski definition) is 4. The molecule has 1 heterocycles. The highest BCUT2D eigenvalue weighted by atomic mass is 79.9. The van der Waals surface area contributed by atoms with Crippen LogP contribution in [0.25, 0.3) is 0 Å². The Hall–Kier alpha value is -0.0200. The van der Waals surface area contributed by atoms with E-state index in [2.05, 4.69) is 15.9 Å². The number of nitrogens with two attached hydrogens (primary N) is 1. The summed E-state index contributed by atoms with van der Waals surface area (Å²) in [5.41, 5.74) is 5.49. The lowest BCUT2D eigenvalue weighted by atomic mass is 10.2. The van der Waals surface area contributed by atoms with Gasteiger partial charge in [-0.15, -0.1) is 11.3 Å². The molecule has 0 saturated heterocycles. The van der Waals surface area contributed by atoms with Crippen LogP contribution < -0.4 is 5.73 Å². The molecular formula is C12H19BrN2O2S3. The molecule has 0 radical (unpaired) electrons. The first-order valence-corrected chi connectivity index (χ1v) is 9.64. The first-order valence-electron chi connectivity index (χ1n) is 6.19. The van der Waals surface area contributed by atoms with Gasteiger partial charge in [-0.3, -0.25) is 0 Å². The molecule has 20 heavy (non-hydrogen) atoms. The molecule has 4 nitrogen and oxygen atoms in total. The van der Waals surface area contributed by atoms with Crippen LogP contribution in [-0.2, 0) is 10.0 Å². The minimum Gasteiger partial charge on any atom is -0.393 e. The second-order valence-corrected chi connectivity index (χ2v) is 10.0. The fraction of sp³-hybridized carbons (Fsp3) is 0.583. The SMILES string of the molecule is Cc1sc(Br)cc1S(=O)(=O)N(CCC(N)=S)CC(C)C. The first kappa shape index (κ1) is 18.0. The van der Waals surface area contributed by atoms with Crippen molar-refractivity contribution in [2.45, 2.75) is 32.1 Å². The molecule has 0 aliphatic carbocycles. The summed E-state index contributed by atoms with van der Waals surface area (Å²) in [6.07, 6.45) is 0.394. The average Bonchev–Trinajstić information content (AvgIpc) is 2.63. The van der Waals surface area contributed by atoms with Crippen LogP contribution in [0.1, 0.15) is 25.1 Å². The van der Waals surface area contributed by atoms with E-state index in [-0.39, 0.29) is 5.92 Å². The molecule has 0 aliphatic rings. The molecule has 0 aromatic carbocycles. The van der Waals surface area contributed by atoms with Crippen molar-refractivity contribution in [3.05, 3.63) is 14.7 Å². The highest BCUT2D eigenvalue weighted by Gasteiger charge is 2.28. The number of thiocarbonyl (C=S) groups is 1. The zero-order valence-corrected chi connectivity index (χ0v) is 15.8. The zero-order valence-electron chi connectivity index (χ0n) is 11.7. The fourth-order valence-electron chi connectivity index (χ4n) is 1.78. The van der Waals surface area contributed by atoms with E-state index in [4.69, 9.17) is 18.0 Å². The van der Waals surface area contributed by atoms with Crippen LogP contribution in [0.3, 0.4) is 0 Å². The fourth-order valence-corrected chi connectivity index (χ4v) is 5.86. The molecule has 0 unspecified atom stereocenters. The van der Waals surface area contributed by atoms with Crippen molar-refractivity contribution in [3.8, 4) is 0 Å². The van der Waals surface area contributed by atoms with E-state index in [9.17, 15) is 8.42 Å². The summed E-state index contributed by atoms with van der Waals surface area (Å²) >= 11 is 9.60. The Bertz CT molecular complexity index is 582. The number of thiophene rings is 1. The van der Waals surface area contributed by atoms with E-state index in [0.717, 1.165) is 8.66 Å². The maximum atomic E-state index is 12.7. The molecule has 0 fully saturated rings. The average molecular weight is 399 g/mol. The molecule has 0 atom stereocenters. The second kappa shape index (κ2) is 7.31. The molecule has 2 N–H and O–H groups in total. The molecule has 1 rings (SSSR count). The van der Waals surface area contributed by atoms with Crippen molar-refractivity contribution < 1.29 is 8.42 Å². The van der Waals surface area contributed by atoms with Crippen LogP contribution in [0.15, 0.2) is 14.7 Å². The minimum atomic E-state index is -3.50. The predicted octanol–water partition coefficient (Wildman–Crippen LogP) is 3.14. The van der Waals surface area contributed by atoms with Crippen molar-refractivity contribution in [3.63, 3.8) is 0 Å². The van der Waals surface area contributed by atoms with Gasteiger partial charge in [0, 0.05) is 24.4 Å². The largest absolute Gasteiger partial charge is 0.393 e. The van der Waals surface area contributed by atoms with Gasteiger partial charge in [-0.25, -0.2) is 8.42 Å². The maximum Gasteiger partial charge on any atom is 0.244 e. The summed E-state index contributed by atoms with van der Waals surface area (Å²) in [6.45, 7) is 6.56. The second-order valence-electron chi connectivity index (χ2n) is 4.94. The third kappa shape index (κ3) is 4.77. The molecule has 1 aromatic heterocycles. The van der Waals surface area contributed by atoms with Gasteiger partial charge in [-0.05, 0) is 34.8 Å². The van der Waals surface area contributed by atoms with E-state index in [1.807, 2.05) is 20.8 Å². The zero-order chi connectivity index (χ0) is 15.5. The number of nitrogens with zero attached hydrogens (tertiary/aromatic N) is 1. The monoisotopic (exact) mass is 398 g/mol. The number of sulfonamides is 1. The van der Waals surface area contributed by atoms with Gasteiger partial charge in [0.2, 0.25) is 10.0 Å². The van der Waals surface area contributed by atoms with Crippen LogP contribution in [0, 0.1) is 12.8 Å². The van der Waals surface area contributed by atoms with Gasteiger partial charge >= 0.3 is 0 Å². The molecule has 0 spiro atoms. The number of hydrogen-bond donors (Lipinski definition) is 1. The van der Waals surface area contributed by atoms with Crippen molar-refractivity contribution >= 4 is 54.5 Å². The quantitative estimate of drug-likeness (QED) is 0.716. The van der Waals surface area contributed by atoms with Gasteiger partial charge in [0.25, 0.3) is 0 Å². The van der Waals surface area contributed by atoms with Crippen LogP contribution in [-0.4, -0.2) is 30.8 Å². The van der Waals surface area contributed by atoms with E-state index in [1.165, 1.54) is 15.6 Å². The molecular weight excluding hydrogens is 380 g/mol. The smallest absolute Gasteiger partial charge is 0.244 e. The standard InChI is InChI=1S/C12H19BrN2O2S3/c1-8(2)7-15(5-4-12(14)18)20(16,17)10-6-11(13)19-9(10)3/h6,8H,4-5,7H2,1-3H3,(H2,14,18). The van der Waals surface area contributed by atoms with Crippen LogP contribution in [0.4, 0.5) is 0 Å². The third-order valence-corrected chi connectivity index (χ3v) is 6.51. The maximum absolute atomic E-state index is 12.7. The summed E-state index contributed by atoms with van der Waals surface area (Å²) in [7, 11) is -3.50. The Morgan fingerprint density at radius 2 is 2.15 bits per heavy atom. The number of halogens is 1. The molecule has 0 bridgehead atoms. The van der Waals surface area contributed by atoms with Crippen molar-refractivity contribution in [1.82, 2.24) is 4.31 Å². The summed E-state index contributed by atoms with van der Waals surface area (Å²) in [6, 6.07) is 1.66.